The Morgan fingerprint density at radius 2 is 1.39 bits per heavy atom. The minimum absolute atomic E-state index is 0.127. The highest BCUT2D eigenvalue weighted by Gasteiger charge is 2.23. The lowest BCUT2D eigenvalue weighted by Gasteiger charge is -2.24. The Balaban J connectivity index is 1.12. The van der Waals surface area contributed by atoms with E-state index in [9.17, 15) is 0 Å². The highest BCUT2D eigenvalue weighted by molar-refractivity contribution is 6.18. The van der Waals surface area contributed by atoms with Crippen LogP contribution in [0.25, 0.3) is 22.8 Å². The molecule has 5 heterocycles. The van der Waals surface area contributed by atoms with E-state index in [0.717, 1.165) is 16.7 Å². The van der Waals surface area contributed by atoms with Gasteiger partial charge < -0.3 is 28.0 Å². The average Bonchev–Trinajstić information content (AvgIpc) is 3.81. The first-order valence-electron chi connectivity index (χ1n) is 12.9. The molecule has 210 valence electrons. The molecule has 3 aromatic heterocycles. The molecule has 13 nitrogen and oxygen atoms in total. The van der Waals surface area contributed by atoms with Crippen LogP contribution in [-0.4, -0.2) is 61.0 Å². The van der Waals surface area contributed by atoms with Crippen LogP contribution in [0.1, 0.15) is 23.4 Å². The van der Waals surface area contributed by atoms with Crippen molar-refractivity contribution in [3.8, 4) is 45.8 Å². The maximum Gasteiger partial charge on any atom is 0.241 e. The number of halogens is 1. The summed E-state index contributed by atoms with van der Waals surface area (Å²) < 4.78 is 34.9. The Morgan fingerprint density at radius 3 is 1.90 bits per heavy atom. The Kier molecular flexibility index (Phi) is 6.65. The fraction of sp³-hybridized carbons (Fsp3) is 0.296. The van der Waals surface area contributed by atoms with Gasteiger partial charge in [-0.2, -0.15) is 15.1 Å². The number of hydrogen-bond acceptors (Lipinski definition) is 12. The molecule has 0 amide bonds. The van der Waals surface area contributed by atoms with E-state index in [4.69, 9.17) is 39.6 Å². The molecule has 0 aliphatic carbocycles. The molecular weight excluding hydrogens is 554 g/mol. The summed E-state index contributed by atoms with van der Waals surface area (Å²) >= 11 is 6.39. The zero-order valence-corrected chi connectivity index (χ0v) is 22.7. The summed E-state index contributed by atoms with van der Waals surface area (Å²) in [5.41, 5.74) is 2.56. The van der Waals surface area contributed by atoms with Crippen LogP contribution in [0.15, 0.2) is 57.8 Å². The maximum atomic E-state index is 6.39. The number of aromatic nitrogens is 6. The van der Waals surface area contributed by atoms with Crippen LogP contribution in [0.2, 0.25) is 0 Å². The third-order valence-corrected chi connectivity index (χ3v) is 7.02. The van der Waals surface area contributed by atoms with Gasteiger partial charge in [-0.1, -0.05) is 10.3 Å². The maximum absolute atomic E-state index is 6.39. The fourth-order valence-corrected chi connectivity index (χ4v) is 4.88. The molecular formula is C27H24ClN7O6. The van der Waals surface area contributed by atoms with E-state index in [1.54, 1.807) is 6.20 Å². The molecule has 0 fully saturated rings. The van der Waals surface area contributed by atoms with Crippen molar-refractivity contribution in [1.82, 2.24) is 35.0 Å². The molecule has 2 aliphatic heterocycles. The summed E-state index contributed by atoms with van der Waals surface area (Å²) in [6.45, 7) is 3.50. The van der Waals surface area contributed by atoms with Crippen LogP contribution in [0.4, 0.5) is 0 Å². The normalized spacial score (nSPS) is 14.2. The molecule has 1 atom stereocenters. The minimum atomic E-state index is -0.127. The number of nitrogens with zero attached hydrogens (tertiary/aromatic N) is 7. The van der Waals surface area contributed by atoms with Crippen LogP contribution in [-0.2, 0) is 13.1 Å². The predicted molar refractivity (Wildman–Crippen MR) is 143 cm³/mol. The SMILES string of the molecule is Cc1cnn(C(CCl)CN(Cc2nc(-c3ccc4c(c3)OCO4)no2)Cc2nc(-c3ccc4c(c3)OCO4)no2)c1. The van der Waals surface area contributed by atoms with Gasteiger partial charge in [-0.25, -0.2) is 0 Å². The fourth-order valence-electron chi connectivity index (χ4n) is 4.65. The van der Waals surface area contributed by atoms with Gasteiger partial charge in [0, 0.05) is 29.7 Å². The molecule has 7 rings (SSSR count). The van der Waals surface area contributed by atoms with Crippen LogP contribution in [0, 0.1) is 6.92 Å². The van der Waals surface area contributed by atoms with E-state index in [1.807, 2.05) is 54.2 Å². The van der Waals surface area contributed by atoms with Gasteiger partial charge in [0.2, 0.25) is 37.0 Å². The zero-order chi connectivity index (χ0) is 27.8. The number of fused-ring (bicyclic) bond motifs is 2. The molecule has 0 saturated heterocycles. The van der Waals surface area contributed by atoms with Crippen molar-refractivity contribution in [2.75, 3.05) is 26.0 Å². The largest absolute Gasteiger partial charge is 0.454 e. The van der Waals surface area contributed by atoms with Gasteiger partial charge in [0.25, 0.3) is 0 Å². The first-order valence-corrected chi connectivity index (χ1v) is 13.4. The molecule has 2 aromatic carbocycles. The Labute approximate surface area is 238 Å². The predicted octanol–water partition coefficient (Wildman–Crippen LogP) is 4.23. The van der Waals surface area contributed by atoms with Gasteiger partial charge >= 0.3 is 0 Å². The molecule has 0 saturated carbocycles. The standard InChI is InChI=1S/C27H24ClN7O6/c1-16-9-29-35(10-16)19(8-28)11-34(12-24-30-26(32-40-24)17-2-4-20-22(6-17)38-14-36-20)13-25-31-27(33-41-25)18-3-5-21-23(7-18)39-15-37-21/h2-7,9-10,19H,8,11-15H2,1H3. The zero-order valence-electron chi connectivity index (χ0n) is 21.9. The Morgan fingerprint density at radius 1 is 0.829 bits per heavy atom. The number of benzene rings is 2. The van der Waals surface area contributed by atoms with Crippen LogP contribution >= 0.6 is 11.6 Å². The number of hydrogen-bond donors (Lipinski definition) is 0. The summed E-state index contributed by atoms with van der Waals surface area (Å²) in [5.74, 6) is 4.71. The van der Waals surface area contributed by atoms with Crippen molar-refractivity contribution < 1.29 is 28.0 Å². The molecule has 0 bridgehead atoms. The number of alkyl halides is 1. The van der Waals surface area contributed by atoms with Crippen molar-refractivity contribution in [2.45, 2.75) is 26.1 Å². The average molecular weight is 578 g/mol. The van der Waals surface area contributed by atoms with Crippen molar-refractivity contribution in [3.63, 3.8) is 0 Å². The summed E-state index contributed by atoms with van der Waals surface area (Å²) in [4.78, 5) is 11.3. The smallest absolute Gasteiger partial charge is 0.241 e. The van der Waals surface area contributed by atoms with Crippen molar-refractivity contribution in [3.05, 3.63) is 66.1 Å². The summed E-state index contributed by atoms with van der Waals surface area (Å²) in [6.07, 6.45) is 3.76. The molecule has 5 aromatic rings. The quantitative estimate of drug-likeness (QED) is 0.220. The summed E-state index contributed by atoms with van der Waals surface area (Å²) in [7, 11) is 0. The number of rotatable bonds is 10. The first-order chi connectivity index (χ1) is 20.1. The van der Waals surface area contributed by atoms with Gasteiger partial charge in [0.15, 0.2) is 23.0 Å². The minimum Gasteiger partial charge on any atom is -0.454 e. The van der Waals surface area contributed by atoms with E-state index >= 15 is 0 Å². The highest BCUT2D eigenvalue weighted by Crippen LogP contribution is 2.36. The monoisotopic (exact) mass is 577 g/mol. The summed E-state index contributed by atoms with van der Waals surface area (Å²) in [5, 5.41) is 12.8. The van der Waals surface area contributed by atoms with Crippen LogP contribution in [0.3, 0.4) is 0 Å². The third kappa shape index (κ3) is 5.28. The number of ether oxygens (including phenoxy) is 4. The highest BCUT2D eigenvalue weighted by atomic mass is 35.5. The lowest BCUT2D eigenvalue weighted by molar-refractivity contribution is 0.170. The van der Waals surface area contributed by atoms with Crippen LogP contribution in [0.5, 0.6) is 23.0 Å². The van der Waals surface area contributed by atoms with Crippen molar-refractivity contribution >= 4 is 11.6 Å². The lowest BCUT2D eigenvalue weighted by Crippen LogP contribution is -2.31. The Bertz CT molecular complexity index is 1590. The van der Waals surface area contributed by atoms with E-state index < -0.39 is 0 Å². The van der Waals surface area contributed by atoms with E-state index in [2.05, 4.69) is 30.3 Å². The topological polar surface area (TPSA) is 136 Å². The van der Waals surface area contributed by atoms with E-state index in [-0.39, 0.29) is 19.6 Å². The van der Waals surface area contributed by atoms with Gasteiger partial charge in [0.05, 0.1) is 25.3 Å². The second-order valence-electron chi connectivity index (χ2n) is 9.63. The summed E-state index contributed by atoms with van der Waals surface area (Å²) in [6, 6.07) is 10.9. The third-order valence-electron chi connectivity index (χ3n) is 6.67. The lowest BCUT2D eigenvalue weighted by atomic mass is 10.2. The van der Waals surface area contributed by atoms with Crippen molar-refractivity contribution in [2.24, 2.45) is 0 Å². The van der Waals surface area contributed by atoms with Gasteiger partial charge in [-0.3, -0.25) is 9.58 Å². The molecule has 0 N–H and O–H groups in total. The molecule has 41 heavy (non-hydrogen) atoms. The van der Waals surface area contributed by atoms with Gasteiger partial charge in [-0.05, 0) is 48.9 Å². The molecule has 14 heteroatoms. The molecule has 0 radical (unpaired) electrons. The second kappa shape index (κ2) is 10.7. The van der Waals surface area contributed by atoms with Gasteiger partial charge in [-0.15, -0.1) is 11.6 Å². The molecule has 1 unspecified atom stereocenters. The van der Waals surface area contributed by atoms with E-state index in [0.29, 0.717) is 71.9 Å². The van der Waals surface area contributed by atoms with Crippen LogP contribution < -0.4 is 18.9 Å². The molecule has 0 spiro atoms. The van der Waals surface area contributed by atoms with Crippen molar-refractivity contribution in [1.29, 1.82) is 0 Å². The second-order valence-corrected chi connectivity index (χ2v) is 9.94. The van der Waals surface area contributed by atoms with Gasteiger partial charge in [0.1, 0.15) is 0 Å². The first kappa shape index (κ1) is 25.4. The Hall–Kier alpha value is -4.62. The number of aryl methyl sites for hydroxylation is 1. The van der Waals surface area contributed by atoms with E-state index in [1.165, 1.54) is 0 Å². The molecule has 2 aliphatic rings.